The van der Waals surface area contributed by atoms with E-state index in [0.717, 1.165) is 5.75 Å². The molecular weight excluding hydrogens is 286 g/mol. The number of carbonyl (C=O) groups excluding carboxylic acids is 1. The average molecular weight is 301 g/mol. The smallest absolute Gasteiger partial charge is 0.335 e. The molecule has 1 amide bonds. The molecule has 0 fully saturated rings. The van der Waals surface area contributed by atoms with Crippen molar-refractivity contribution in [1.29, 1.82) is 0 Å². The zero-order chi connectivity index (χ0) is 15.1. The van der Waals surface area contributed by atoms with Gasteiger partial charge in [0.25, 0.3) is 0 Å². The zero-order valence-electron chi connectivity index (χ0n) is 11.3. The van der Waals surface area contributed by atoms with Crippen molar-refractivity contribution >= 4 is 29.3 Å². The Morgan fingerprint density at radius 1 is 1.00 bits per heavy atom. The Morgan fingerprint density at radius 3 is 2.29 bits per heavy atom. The van der Waals surface area contributed by atoms with Crippen molar-refractivity contribution in [3.8, 4) is 0 Å². The van der Waals surface area contributed by atoms with Gasteiger partial charge in [0.2, 0.25) is 5.91 Å². The molecule has 0 aliphatic carbocycles. The Morgan fingerprint density at radius 2 is 1.67 bits per heavy atom. The van der Waals surface area contributed by atoms with Gasteiger partial charge in [0, 0.05) is 11.4 Å². The van der Waals surface area contributed by atoms with E-state index in [4.69, 9.17) is 5.11 Å². The fourth-order valence-electron chi connectivity index (χ4n) is 1.73. The highest BCUT2D eigenvalue weighted by Crippen LogP contribution is 2.13. The van der Waals surface area contributed by atoms with E-state index in [1.165, 1.54) is 29.5 Å². The number of rotatable bonds is 6. The summed E-state index contributed by atoms with van der Waals surface area (Å²) in [5.74, 6) is 0.0622. The molecule has 21 heavy (non-hydrogen) atoms. The highest BCUT2D eigenvalue weighted by atomic mass is 32.2. The minimum absolute atomic E-state index is 0.0981. The molecule has 2 N–H and O–H groups in total. The number of carbonyl (C=O) groups is 2. The number of benzene rings is 2. The second kappa shape index (κ2) is 7.50. The Balaban J connectivity index is 1.78. The lowest BCUT2D eigenvalue weighted by Gasteiger charge is -2.05. The van der Waals surface area contributed by atoms with Crippen molar-refractivity contribution in [2.45, 2.75) is 5.75 Å². The average Bonchev–Trinajstić information content (AvgIpc) is 2.49. The van der Waals surface area contributed by atoms with Crippen LogP contribution in [0.25, 0.3) is 0 Å². The maximum Gasteiger partial charge on any atom is 0.335 e. The van der Waals surface area contributed by atoms with Crippen molar-refractivity contribution in [2.24, 2.45) is 0 Å². The molecular formula is C16H15NO3S. The van der Waals surface area contributed by atoms with Crippen LogP contribution >= 0.6 is 11.8 Å². The van der Waals surface area contributed by atoms with Gasteiger partial charge in [-0.3, -0.25) is 4.79 Å². The summed E-state index contributed by atoms with van der Waals surface area (Å²) >= 11 is 1.54. The quantitative estimate of drug-likeness (QED) is 0.859. The minimum Gasteiger partial charge on any atom is -0.478 e. The van der Waals surface area contributed by atoms with Crippen molar-refractivity contribution < 1.29 is 14.7 Å². The van der Waals surface area contributed by atoms with Crippen LogP contribution in [0.3, 0.4) is 0 Å². The number of nitrogens with one attached hydrogen (secondary N) is 1. The third-order valence-corrected chi connectivity index (χ3v) is 3.76. The van der Waals surface area contributed by atoms with E-state index in [1.54, 1.807) is 12.1 Å². The molecule has 0 heterocycles. The summed E-state index contributed by atoms with van der Waals surface area (Å²) in [7, 11) is 0. The molecule has 2 aromatic carbocycles. The van der Waals surface area contributed by atoms with Gasteiger partial charge in [-0.05, 0) is 29.8 Å². The SMILES string of the molecule is O=C(CSCc1ccccc1)Nc1ccc(C(=O)O)cc1. The first-order valence-electron chi connectivity index (χ1n) is 6.40. The summed E-state index contributed by atoms with van der Waals surface area (Å²) in [6, 6.07) is 16.1. The fourth-order valence-corrected chi connectivity index (χ4v) is 2.52. The molecule has 0 unspecified atom stereocenters. The molecule has 0 saturated heterocycles. The summed E-state index contributed by atoms with van der Waals surface area (Å²) < 4.78 is 0. The van der Waals surface area contributed by atoms with Gasteiger partial charge in [0.1, 0.15) is 0 Å². The summed E-state index contributed by atoms with van der Waals surface area (Å²) in [5.41, 5.74) is 1.98. The van der Waals surface area contributed by atoms with Gasteiger partial charge in [0.15, 0.2) is 0 Å². The van der Waals surface area contributed by atoms with Crippen molar-refractivity contribution in [1.82, 2.24) is 0 Å². The van der Waals surface area contributed by atoms with Crippen LogP contribution in [0, 0.1) is 0 Å². The second-order valence-corrected chi connectivity index (χ2v) is 5.39. The van der Waals surface area contributed by atoms with Crippen LogP contribution in [-0.2, 0) is 10.5 Å². The number of amides is 1. The number of thioether (sulfide) groups is 1. The molecule has 0 spiro atoms. The van der Waals surface area contributed by atoms with Crippen LogP contribution in [0.15, 0.2) is 54.6 Å². The van der Waals surface area contributed by atoms with E-state index in [-0.39, 0.29) is 11.5 Å². The zero-order valence-corrected chi connectivity index (χ0v) is 12.1. The van der Waals surface area contributed by atoms with Gasteiger partial charge in [-0.25, -0.2) is 4.79 Å². The van der Waals surface area contributed by atoms with E-state index < -0.39 is 5.97 Å². The molecule has 4 nitrogen and oxygen atoms in total. The van der Waals surface area contributed by atoms with Crippen LogP contribution in [0.4, 0.5) is 5.69 Å². The minimum atomic E-state index is -0.980. The molecule has 0 aromatic heterocycles. The molecule has 108 valence electrons. The van der Waals surface area contributed by atoms with E-state index >= 15 is 0 Å². The summed E-state index contributed by atoms with van der Waals surface area (Å²) in [4.78, 5) is 22.5. The number of carboxylic acids is 1. The molecule has 2 aromatic rings. The van der Waals surface area contributed by atoms with E-state index in [1.807, 2.05) is 30.3 Å². The van der Waals surface area contributed by atoms with Crippen molar-refractivity contribution in [3.63, 3.8) is 0 Å². The molecule has 0 saturated carbocycles. The van der Waals surface area contributed by atoms with Gasteiger partial charge >= 0.3 is 5.97 Å². The van der Waals surface area contributed by atoms with Crippen LogP contribution in [0.2, 0.25) is 0 Å². The van der Waals surface area contributed by atoms with E-state index in [0.29, 0.717) is 11.4 Å². The highest BCUT2D eigenvalue weighted by molar-refractivity contribution is 7.99. The Kier molecular flexibility index (Phi) is 5.40. The Labute approximate surface area is 127 Å². The fraction of sp³-hybridized carbons (Fsp3) is 0.125. The summed E-state index contributed by atoms with van der Waals surface area (Å²) in [6.07, 6.45) is 0. The summed E-state index contributed by atoms with van der Waals surface area (Å²) in [5, 5.41) is 11.5. The topological polar surface area (TPSA) is 66.4 Å². The largest absolute Gasteiger partial charge is 0.478 e. The standard InChI is InChI=1S/C16H15NO3S/c18-15(11-21-10-12-4-2-1-3-5-12)17-14-8-6-13(7-9-14)16(19)20/h1-9H,10-11H2,(H,17,18)(H,19,20). The molecule has 0 atom stereocenters. The van der Waals surface area contributed by atoms with Crippen LogP contribution in [0.5, 0.6) is 0 Å². The Bertz CT molecular complexity index is 611. The number of hydrogen-bond acceptors (Lipinski definition) is 3. The number of carboxylic acid groups (broad SMARTS) is 1. The predicted octanol–water partition coefficient (Wildman–Crippen LogP) is 3.26. The van der Waals surface area contributed by atoms with E-state index in [2.05, 4.69) is 5.32 Å². The lowest BCUT2D eigenvalue weighted by Crippen LogP contribution is -2.14. The van der Waals surface area contributed by atoms with Gasteiger partial charge in [-0.1, -0.05) is 30.3 Å². The van der Waals surface area contributed by atoms with Crippen molar-refractivity contribution in [2.75, 3.05) is 11.1 Å². The summed E-state index contributed by atoms with van der Waals surface area (Å²) in [6.45, 7) is 0. The molecule has 2 rings (SSSR count). The predicted molar refractivity (Wildman–Crippen MR) is 84.6 cm³/mol. The number of hydrogen-bond donors (Lipinski definition) is 2. The Hall–Kier alpha value is -2.27. The van der Waals surface area contributed by atoms with Gasteiger partial charge in [0.05, 0.1) is 11.3 Å². The molecule has 0 aliphatic rings. The van der Waals surface area contributed by atoms with Crippen molar-refractivity contribution in [3.05, 3.63) is 65.7 Å². The first-order valence-corrected chi connectivity index (χ1v) is 7.55. The number of anilines is 1. The van der Waals surface area contributed by atoms with Crippen LogP contribution in [0.1, 0.15) is 15.9 Å². The second-order valence-electron chi connectivity index (χ2n) is 4.41. The van der Waals surface area contributed by atoms with Crippen LogP contribution in [-0.4, -0.2) is 22.7 Å². The molecule has 0 radical (unpaired) electrons. The monoisotopic (exact) mass is 301 g/mol. The highest BCUT2D eigenvalue weighted by Gasteiger charge is 2.05. The normalized spacial score (nSPS) is 10.1. The molecule has 5 heteroatoms. The number of aromatic carboxylic acids is 1. The van der Waals surface area contributed by atoms with Gasteiger partial charge < -0.3 is 10.4 Å². The van der Waals surface area contributed by atoms with E-state index in [9.17, 15) is 9.59 Å². The first kappa shape index (κ1) is 15.1. The maximum absolute atomic E-state index is 11.8. The third kappa shape index (κ3) is 4.96. The lowest BCUT2D eigenvalue weighted by molar-refractivity contribution is -0.113. The third-order valence-electron chi connectivity index (χ3n) is 2.76. The lowest BCUT2D eigenvalue weighted by atomic mass is 10.2. The van der Waals surface area contributed by atoms with Gasteiger partial charge in [-0.15, -0.1) is 11.8 Å². The van der Waals surface area contributed by atoms with Gasteiger partial charge in [-0.2, -0.15) is 0 Å². The maximum atomic E-state index is 11.8. The molecule has 0 aliphatic heterocycles. The van der Waals surface area contributed by atoms with Crippen LogP contribution < -0.4 is 5.32 Å². The first-order chi connectivity index (χ1) is 10.1. The molecule has 0 bridgehead atoms.